The maximum absolute atomic E-state index is 13.1. The van der Waals surface area contributed by atoms with Crippen molar-refractivity contribution in [2.24, 2.45) is 0 Å². The first-order valence-corrected chi connectivity index (χ1v) is 11.5. The predicted octanol–water partition coefficient (Wildman–Crippen LogP) is 2.21. The Kier molecular flexibility index (Phi) is 5.58. The van der Waals surface area contributed by atoms with Gasteiger partial charge in [0.1, 0.15) is 6.61 Å². The minimum Gasteiger partial charge on any atom is -0.464 e. The lowest BCUT2D eigenvalue weighted by molar-refractivity contribution is -0.141. The number of aromatic nitrogens is 2. The molecule has 1 aliphatic heterocycles. The van der Waals surface area contributed by atoms with Crippen molar-refractivity contribution < 1.29 is 27.5 Å². The highest BCUT2D eigenvalue weighted by molar-refractivity contribution is 7.92. The highest BCUT2D eigenvalue weighted by atomic mass is 32.2. The first-order chi connectivity index (χ1) is 15.6. The zero-order valence-electron chi connectivity index (χ0n) is 18.1. The number of hydrogen-bond donors (Lipinski definition) is 1. The normalized spacial score (nSPS) is 13.4. The largest absolute Gasteiger partial charge is 0.464 e. The quantitative estimate of drug-likeness (QED) is 0.430. The van der Waals surface area contributed by atoms with Crippen LogP contribution >= 0.6 is 0 Å². The molecule has 4 rings (SSSR count). The second kappa shape index (κ2) is 8.24. The van der Waals surface area contributed by atoms with E-state index < -0.39 is 27.8 Å². The van der Waals surface area contributed by atoms with Crippen LogP contribution < -0.4 is 4.72 Å². The van der Waals surface area contributed by atoms with Crippen LogP contribution in [0.3, 0.4) is 0 Å². The Balaban J connectivity index is 1.77. The summed E-state index contributed by atoms with van der Waals surface area (Å²) in [6, 6.07) is 5.76. The van der Waals surface area contributed by atoms with Crippen LogP contribution in [-0.2, 0) is 19.6 Å². The number of nitrogens with one attached hydrogen (secondary N) is 1. The van der Waals surface area contributed by atoms with Gasteiger partial charge in [-0.05, 0) is 43.7 Å². The number of carbonyl (C=O) groups excluding carboxylic acids is 3. The number of carbonyl (C=O) groups is 3. The molecule has 3 aromatic rings. The molecule has 0 saturated heterocycles. The third kappa shape index (κ3) is 4.02. The highest BCUT2D eigenvalue weighted by Crippen LogP contribution is 2.33. The summed E-state index contributed by atoms with van der Waals surface area (Å²) in [6.45, 7) is 4.30. The summed E-state index contributed by atoms with van der Waals surface area (Å²) in [7, 11) is -4.00. The predicted molar refractivity (Wildman–Crippen MR) is 118 cm³/mol. The number of anilines is 1. The molecule has 33 heavy (non-hydrogen) atoms. The molecule has 0 bridgehead atoms. The minimum absolute atomic E-state index is 0.0855. The smallest absolute Gasteiger partial charge is 0.302 e. The maximum atomic E-state index is 13.1. The number of imide groups is 1. The number of rotatable bonds is 6. The van der Waals surface area contributed by atoms with E-state index in [9.17, 15) is 22.8 Å². The standard InChI is InChI=1S/C22H20N4O6S/c1-12-11-23-7-6-17(12)25-33(30,31)15-4-5-18-16(10-15)20-19(13(2)24-18)21(28)26(22(20)29)8-9-32-14(3)27/h4-7,10-11H,8-9H2,1-3H3,(H,23,25). The molecule has 3 heterocycles. The van der Waals surface area contributed by atoms with Crippen molar-refractivity contribution in [3.05, 3.63) is 59.0 Å². The Labute approximate surface area is 189 Å². The third-order valence-corrected chi connectivity index (χ3v) is 6.61. The van der Waals surface area contributed by atoms with Gasteiger partial charge in [0.05, 0.1) is 39.5 Å². The molecule has 170 valence electrons. The summed E-state index contributed by atoms with van der Waals surface area (Å²) in [5.74, 6) is -1.68. The second-order valence-corrected chi connectivity index (χ2v) is 9.21. The average Bonchev–Trinajstić information content (AvgIpc) is 3.00. The van der Waals surface area contributed by atoms with Crippen LogP contribution in [0.2, 0.25) is 0 Å². The minimum atomic E-state index is -4.00. The van der Waals surface area contributed by atoms with Crippen LogP contribution in [0.25, 0.3) is 10.9 Å². The summed E-state index contributed by atoms with van der Waals surface area (Å²) in [5, 5.41) is 0.248. The van der Waals surface area contributed by atoms with Crippen LogP contribution in [0.15, 0.2) is 41.6 Å². The SMILES string of the molecule is CC(=O)OCCN1C(=O)c2c(C)nc3ccc(S(=O)(=O)Nc4ccncc4C)cc3c2C1=O. The lowest BCUT2D eigenvalue weighted by atomic mass is 10.0. The van der Waals surface area contributed by atoms with E-state index in [2.05, 4.69) is 14.7 Å². The van der Waals surface area contributed by atoms with Gasteiger partial charge in [-0.25, -0.2) is 8.42 Å². The number of benzene rings is 1. The summed E-state index contributed by atoms with van der Waals surface area (Å²) >= 11 is 0. The molecule has 0 unspecified atom stereocenters. The summed E-state index contributed by atoms with van der Waals surface area (Å²) in [5.41, 5.74) is 1.95. The van der Waals surface area contributed by atoms with Crippen molar-refractivity contribution in [1.29, 1.82) is 0 Å². The van der Waals surface area contributed by atoms with E-state index in [-0.39, 0.29) is 34.6 Å². The lowest BCUT2D eigenvalue weighted by Gasteiger charge is -2.13. The Morgan fingerprint density at radius 3 is 2.55 bits per heavy atom. The van der Waals surface area contributed by atoms with Crippen LogP contribution in [0.1, 0.15) is 38.9 Å². The molecule has 11 heteroatoms. The zero-order valence-corrected chi connectivity index (χ0v) is 18.9. The van der Waals surface area contributed by atoms with E-state index >= 15 is 0 Å². The molecule has 1 aliphatic rings. The Morgan fingerprint density at radius 2 is 1.85 bits per heavy atom. The fourth-order valence-corrected chi connectivity index (χ4v) is 4.81. The Morgan fingerprint density at radius 1 is 1.12 bits per heavy atom. The zero-order chi connectivity index (χ0) is 23.9. The highest BCUT2D eigenvalue weighted by Gasteiger charge is 2.39. The van der Waals surface area contributed by atoms with E-state index in [1.54, 1.807) is 19.9 Å². The van der Waals surface area contributed by atoms with E-state index in [4.69, 9.17) is 4.74 Å². The van der Waals surface area contributed by atoms with Gasteiger partial charge in [-0.2, -0.15) is 0 Å². The van der Waals surface area contributed by atoms with Gasteiger partial charge in [-0.15, -0.1) is 0 Å². The molecule has 0 spiro atoms. The van der Waals surface area contributed by atoms with Crippen molar-refractivity contribution in [1.82, 2.24) is 14.9 Å². The molecule has 2 aromatic heterocycles. The van der Waals surface area contributed by atoms with Crippen molar-refractivity contribution in [2.75, 3.05) is 17.9 Å². The number of amides is 2. The summed E-state index contributed by atoms with van der Waals surface area (Å²) in [6.07, 6.45) is 3.01. The van der Waals surface area contributed by atoms with Gasteiger partial charge >= 0.3 is 5.97 Å². The first kappa shape index (κ1) is 22.3. The van der Waals surface area contributed by atoms with E-state index in [1.165, 1.54) is 37.5 Å². The molecule has 0 aliphatic carbocycles. The third-order valence-electron chi connectivity index (χ3n) is 5.25. The summed E-state index contributed by atoms with van der Waals surface area (Å²) < 4.78 is 33.4. The number of nitrogens with zero attached hydrogens (tertiary/aromatic N) is 3. The van der Waals surface area contributed by atoms with Gasteiger partial charge in [0, 0.05) is 24.7 Å². The Hall–Kier alpha value is -3.86. The van der Waals surface area contributed by atoms with E-state index in [0.29, 0.717) is 22.5 Å². The molecular formula is C22H20N4O6S. The topological polar surface area (TPSA) is 136 Å². The molecule has 10 nitrogen and oxygen atoms in total. The fourth-order valence-electron chi connectivity index (χ4n) is 3.65. The molecule has 1 aromatic carbocycles. The second-order valence-electron chi connectivity index (χ2n) is 7.52. The van der Waals surface area contributed by atoms with Gasteiger partial charge in [-0.1, -0.05) is 0 Å². The molecule has 0 atom stereocenters. The first-order valence-electron chi connectivity index (χ1n) is 9.97. The van der Waals surface area contributed by atoms with Crippen LogP contribution in [-0.4, -0.2) is 54.2 Å². The van der Waals surface area contributed by atoms with Gasteiger partial charge < -0.3 is 4.74 Å². The van der Waals surface area contributed by atoms with Crippen LogP contribution in [0.4, 0.5) is 5.69 Å². The summed E-state index contributed by atoms with van der Waals surface area (Å²) in [4.78, 5) is 46.3. The number of pyridine rings is 2. The molecule has 0 fully saturated rings. The number of fused-ring (bicyclic) bond motifs is 3. The molecule has 1 N–H and O–H groups in total. The number of hydrogen-bond acceptors (Lipinski definition) is 8. The van der Waals surface area contributed by atoms with Gasteiger partial charge in [0.15, 0.2) is 0 Å². The molecular weight excluding hydrogens is 448 g/mol. The maximum Gasteiger partial charge on any atom is 0.302 e. The number of esters is 1. The number of ether oxygens (including phenoxy) is 1. The number of sulfonamides is 1. The number of aryl methyl sites for hydroxylation is 2. The average molecular weight is 468 g/mol. The van der Waals surface area contributed by atoms with Crippen molar-refractivity contribution in [2.45, 2.75) is 25.7 Å². The van der Waals surface area contributed by atoms with Crippen molar-refractivity contribution >= 4 is 44.4 Å². The van der Waals surface area contributed by atoms with E-state index in [1.807, 2.05) is 0 Å². The molecule has 0 radical (unpaired) electrons. The lowest BCUT2D eigenvalue weighted by Crippen LogP contribution is -2.33. The Bertz CT molecular complexity index is 1430. The fraction of sp³-hybridized carbons (Fsp3) is 0.227. The molecule has 2 amide bonds. The molecule has 0 saturated carbocycles. The van der Waals surface area contributed by atoms with Gasteiger partial charge in [-0.3, -0.25) is 34.0 Å². The van der Waals surface area contributed by atoms with E-state index in [0.717, 1.165) is 4.90 Å². The van der Waals surface area contributed by atoms with Gasteiger partial charge in [0.2, 0.25) is 0 Å². The van der Waals surface area contributed by atoms with Crippen molar-refractivity contribution in [3.8, 4) is 0 Å². The van der Waals surface area contributed by atoms with Crippen molar-refractivity contribution in [3.63, 3.8) is 0 Å². The van der Waals surface area contributed by atoms with Crippen LogP contribution in [0.5, 0.6) is 0 Å². The van der Waals surface area contributed by atoms with Crippen LogP contribution in [0, 0.1) is 13.8 Å². The van der Waals surface area contributed by atoms with Gasteiger partial charge in [0.25, 0.3) is 21.8 Å². The monoisotopic (exact) mass is 468 g/mol.